The Hall–Kier alpha value is -2.42. The van der Waals surface area contributed by atoms with Gasteiger partial charge in [-0.05, 0) is 31.2 Å². The van der Waals surface area contributed by atoms with Gasteiger partial charge in [0.25, 0.3) is 0 Å². The molecule has 3 nitrogen and oxygen atoms in total. The van der Waals surface area contributed by atoms with Gasteiger partial charge < -0.3 is 4.90 Å². The molecule has 0 aliphatic carbocycles. The zero-order valence-electron chi connectivity index (χ0n) is 10.8. The lowest BCUT2D eigenvalue weighted by Gasteiger charge is -2.23. The average molecular weight is 249 g/mol. The van der Waals surface area contributed by atoms with Gasteiger partial charge >= 0.3 is 0 Å². The fraction of sp³-hybridized carbons (Fsp3) is 0.125. The monoisotopic (exact) mass is 249 g/mol. The van der Waals surface area contributed by atoms with Crippen molar-refractivity contribution in [3.05, 3.63) is 60.9 Å². The molecular formula is C16H15N3. The first kappa shape index (κ1) is 11.7. The van der Waals surface area contributed by atoms with E-state index < -0.39 is 0 Å². The van der Waals surface area contributed by atoms with E-state index >= 15 is 0 Å². The summed E-state index contributed by atoms with van der Waals surface area (Å²) < 4.78 is 0. The van der Waals surface area contributed by atoms with Crippen LogP contribution in [-0.2, 0) is 0 Å². The first-order chi connectivity index (χ1) is 9.40. The molecule has 0 bridgehead atoms. The van der Waals surface area contributed by atoms with Gasteiger partial charge in [0.05, 0.1) is 5.52 Å². The third-order valence-corrected chi connectivity index (χ3v) is 3.16. The van der Waals surface area contributed by atoms with Crippen molar-refractivity contribution >= 4 is 22.4 Å². The van der Waals surface area contributed by atoms with Gasteiger partial charge in [-0.3, -0.25) is 0 Å². The second-order valence-corrected chi connectivity index (χ2v) is 4.29. The highest BCUT2D eigenvalue weighted by Gasteiger charge is 2.11. The minimum absolute atomic E-state index is 0.866. The van der Waals surface area contributed by atoms with E-state index in [1.807, 2.05) is 36.4 Å². The second kappa shape index (κ2) is 5.06. The fourth-order valence-electron chi connectivity index (χ4n) is 2.27. The Labute approximate surface area is 112 Å². The van der Waals surface area contributed by atoms with Gasteiger partial charge in [0.15, 0.2) is 0 Å². The molecule has 94 valence electrons. The standard InChI is InChI=1S/C16H15N3/c1-2-19(13-8-4-3-5-9-13)16-14-10-6-7-11-15(14)17-12-18-16/h3-12H,2H2,1H3. The van der Waals surface area contributed by atoms with Crippen molar-refractivity contribution in [2.75, 3.05) is 11.4 Å². The van der Waals surface area contributed by atoms with Crippen LogP contribution in [-0.4, -0.2) is 16.5 Å². The van der Waals surface area contributed by atoms with Crippen LogP contribution in [0.15, 0.2) is 60.9 Å². The number of fused-ring (bicyclic) bond motifs is 1. The summed E-state index contributed by atoms with van der Waals surface area (Å²) in [4.78, 5) is 11.0. The van der Waals surface area contributed by atoms with E-state index in [-0.39, 0.29) is 0 Å². The van der Waals surface area contributed by atoms with E-state index in [1.165, 1.54) is 0 Å². The van der Waals surface area contributed by atoms with E-state index in [0.29, 0.717) is 0 Å². The molecule has 0 aliphatic rings. The molecule has 0 spiro atoms. The van der Waals surface area contributed by atoms with Gasteiger partial charge in [-0.1, -0.05) is 30.3 Å². The molecule has 19 heavy (non-hydrogen) atoms. The normalized spacial score (nSPS) is 10.6. The summed E-state index contributed by atoms with van der Waals surface area (Å²) in [5, 5.41) is 1.08. The Balaban J connectivity index is 2.17. The van der Waals surface area contributed by atoms with Crippen molar-refractivity contribution in [3.8, 4) is 0 Å². The quantitative estimate of drug-likeness (QED) is 0.707. The number of rotatable bonds is 3. The Kier molecular flexibility index (Phi) is 3.11. The maximum absolute atomic E-state index is 4.47. The van der Waals surface area contributed by atoms with Crippen LogP contribution >= 0.6 is 0 Å². The van der Waals surface area contributed by atoms with Gasteiger partial charge in [-0.25, -0.2) is 9.97 Å². The predicted octanol–water partition coefficient (Wildman–Crippen LogP) is 3.79. The van der Waals surface area contributed by atoms with Crippen LogP contribution < -0.4 is 4.90 Å². The average Bonchev–Trinajstić information content (AvgIpc) is 2.49. The maximum atomic E-state index is 4.47. The molecule has 0 atom stereocenters. The molecule has 0 N–H and O–H groups in total. The Bertz CT molecular complexity index is 674. The Morgan fingerprint density at radius 3 is 2.42 bits per heavy atom. The zero-order chi connectivity index (χ0) is 13.1. The Morgan fingerprint density at radius 1 is 0.895 bits per heavy atom. The third kappa shape index (κ3) is 2.15. The van der Waals surface area contributed by atoms with Crippen LogP contribution in [0.5, 0.6) is 0 Å². The summed E-state index contributed by atoms with van der Waals surface area (Å²) in [5.74, 6) is 0.958. The van der Waals surface area contributed by atoms with Gasteiger partial charge in [0.2, 0.25) is 0 Å². The minimum Gasteiger partial charge on any atom is -0.326 e. The summed E-state index contributed by atoms with van der Waals surface area (Å²) in [5.41, 5.74) is 2.12. The maximum Gasteiger partial charge on any atom is 0.144 e. The fourth-order valence-corrected chi connectivity index (χ4v) is 2.27. The smallest absolute Gasteiger partial charge is 0.144 e. The lowest BCUT2D eigenvalue weighted by Crippen LogP contribution is -2.17. The lowest BCUT2D eigenvalue weighted by molar-refractivity contribution is 0.990. The molecule has 0 amide bonds. The van der Waals surface area contributed by atoms with Crippen molar-refractivity contribution in [1.29, 1.82) is 0 Å². The van der Waals surface area contributed by atoms with E-state index in [0.717, 1.165) is 29.0 Å². The van der Waals surface area contributed by atoms with Crippen LogP contribution in [0, 0.1) is 0 Å². The van der Waals surface area contributed by atoms with Crippen molar-refractivity contribution in [3.63, 3.8) is 0 Å². The van der Waals surface area contributed by atoms with Crippen molar-refractivity contribution in [2.24, 2.45) is 0 Å². The predicted molar refractivity (Wildman–Crippen MR) is 78.7 cm³/mol. The minimum atomic E-state index is 0.866. The highest BCUT2D eigenvalue weighted by molar-refractivity contribution is 5.91. The summed E-state index contributed by atoms with van der Waals surface area (Å²) in [7, 11) is 0. The summed E-state index contributed by atoms with van der Waals surface area (Å²) >= 11 is 0. The highest BCUT2D eigenvalue weighted by atomic mass is 15.2. The van der Waals surface area contributed by atoms with Gasteiger partial charge in [-0.2, -0.15) is 0 Å². The molecule has 0 radical (unpaired) electrons. The molecule has 0 saturated heterocycles. The first-order valence-electron chi connectivity index (χ1n) is 6.42. The largest absolute Gasteiger partial charge is 0.326 e. The van der Waals surface area contributed by atoms with Crippen LogP contribution in [0.1, 0.15) is 6.92 Å². The molecule has 3 aromatic rings. The topological polar surface area (TPSA) is 29.0 Å². The molecular weight excluding hydrogens is 234 g/mol. The van der Waals surface area contributed by atoms with Gasteiger partial charge in [-0.15, -0.1) is 0 Å². The van der Waals surface area contributed by atoms with Crippen molar-refractivity contribution in [1.82, 2.24) is 9.97 Å². The van der Waals surface area contributed by atoms with Crippen LogP contribution in [0.4, 0.5) is 11.5 Å². The molecule has 0 aliphatic heterocycles. The summed E-state index contributed by atoms with van der Waals surface area (Å²) in [6, 6.07) is 18.4. The van der Waals surface area contributed by atoms with Gasteiger partial charge in [0, 0.05) is 17.6 Å². The zero-order valence-corrected chi connectivity index (χ0v) is 10.8. The van der Waals surface area contributed by atoms with Crippen LogP contribution in [0.25, 0.3) is 10.9 Å². The van der Waals surface area contributed by atoms with Crippen molar-refractivity contribution < 1.29 is 0 Å². The van der Waals surface area contributed by atoms with E-state index in [2.05, 4.69) is 40.0 Å². The third-order valence-electron chi connectivity index (χ3n) is 3.16. The first-order valence-corrected chi connectivity index (χ1v) is 6.42. The van der Waals surface area contributed by atoms with E-state index in [4.69, 9.17) is 0 Å². The Morgan fingerprint density at radius 2 is 1.63 bits per heavy atom. The SMILES string of the molecule is CCN(c1ccccc1)c1ncnc2ccccc12. The molecule has 1 aromatic heterocycles. The molecule has 0 fully saturated rings. The van der Waals surface area contributed by atoms with E-state index in [9.17, 15) is 0 Å². The molecule has 0 saturated carbocycles. The molecule has 2 aromatic carbocycles. The van der Waals surface area contributed by atoms with Gasteiger partial charge in [0.1, 0.15) is 12.1 Å². The summed E-state index contributed by atoms with van der Waals surface area (Å²) in [6.07, 6.45) is 1.63. The van der Waals surface area contributed by atoms with Crippen LogP contribution in [0.3, 0.4) is 0 Å². The number of anilines is 2. The number of benzene rings is 2. The summed E-state index contributed by atoms with van der Waals surface area (Å²) in [6.45, 7) is 2.99. The molecule has 3 heteroatoms. The number of para-hydroxylation sites is 2. The molecule has 0 unspecified atom stereocenters. The highest BCUT2D eigenvalue weighted by Crippen LogP contribution is 2.28. The number of hydrogen-bond acceptors (Lipinski definition) is 3. The van der Waals surface area contributed by atoms with E-state index in [1.54, 1.807) is 6.33 Å². The molecule has 1 heterocycles. The number of aromatic nitrogens is 2. The lowest BCUT2D eigenvalue weighted by atomic mass is 10.2. The number of nitrogens with zero attached hydrogens (tertiary/aromatic N) is 3. The molecule has 3 rings (SSSR count). The second-order valence-electron chi connectivity index (χ2n) is 4.29. The number of hydrogen-bond donors (Lipinski definition) is 0. The van der Waals surface area contributed by atoms with Crippen molar-refractivity contribution in [2.45, 2.75) is 6.92 Å². The van der Waals surface area contributed by atoms with Crippen LogP contribution in [0.2, 0.25) is 0 Å².